The highest BCUT2D eigenvalue weighted by molar-refractivity contribution is 7.10. The average Bonchev–Trinajstić information content (AvgIpc) is 2.78. The van der Waals surface area contributed by atoms with Crippen molar-refractivity contribution in [3.8, 4) is 0 Å². The summed E-state index contributed by atoms with van der Waals surface area (Å²) in [5.74, 6) is 0.884. The second kappa shape index (κ2) is 5.13. The summed E-state index contributed by atoms with van der Waals surface area (Å²) in [4.78, 5) is 1.55. The second-order valence-corrected chi connectivity index (χ2v) is 5.75. The van der Waals surface area contributed by atoms with Gasteiger partial charge in [0.05, 0.1) is 0 Å². The molecule has 2 heteroatoms. The van der Waals surface area contributed by atoms with Crippen molar-refractivity contribution in [3.63, 3.8) is 0 Å². The van der Waals surface area contributed by atoms with Crippen molar-refractivity contribution in [2.45, 2.75) is 45.6 Å². The van der Waals surface area contributed by atoms with Crippen molar-refractivity contribution in [3.05, 3.63) is 21.9 Å². The standard InChI is InChI=1S/C13H21NS/c1-10-4-3-5-12(10)14-8-6-13-11(2)7-9-15-13/h7,9-10,12,14H,3-6,8H2,1-2H3. The second-order valence-electron chi connectivity index (χ2n) is 4.75. The van der Waals surface area contributed by atoms with Crippen LogP contribution < -0.4 is 5.32 Å². The predicted molar refractivity (Wildman–Crippen MR) is 67.6 cm³/mol. The summed E-state index contributed by atoms with van der Waals surface area (Å²) < 4.78 is 0. The van der Waals surface area contributed by atoms with Crippen LogP contribution in [0.2, 0.25) is 0 Å². The van der Waals surface area contributed by atoms with Crippen LogP contribution in [0.25, 0.3) is 0 Å². The largest absolute Gasteiger partial charge is 0.313 e. The molecule has 0 saturated heterocycles. The third-order valence-corrected chi connectivity index (χ3v) is 4.67. The van der Waals surface area contributed by atoms with Gasteiger partial charge in [0.2, 0.25) is 0 Å². The molecule has 2 rings (SSSR count). The Morgan fingerprint density at radius 3 is 2.93 bits per heavy atom. The van der Waals surface area contributed by atoms with E-state index in [4.69, 9.17) is 0 Å². The van der Waals surface area contributed by atoms with Crippen molar-refractivity contribution in [1.29, 1.82) is 0 Å². The van der Waals surface area contributed by atoms with Gasteiger partial charge in [0.15, 0.2) is 0 Å². The zero-order valence-electron chi connectivity index (χ0n) is 9.75. The molecule has 1 heterocycles. The molecule has 1 N–H and O–H groups in total. The molecule has 84 valence electrons. The first-order valence-corrected chi connectivity index (χ1v) is 6.91. The molecule has 0 aliphatic heterocycles. The Morgan fingerprint density at radius 2 is 2.33 bits per heavy atom. The van der Waals surface area contributed by atoms with Gasteiger partial charge in [-0.1, -0.05) is 13.3 Å². The SMILES string of the molecule is Cc1ccsc1CCNC1CCCC1C. The molecule has 0 amide bonds. The molecule has 1 aliphatic rings. The van der Waals surface area contributed by atoms with Gasteiger partial charge in [-0.2, -0.15) is 0 Å². The van der Waals surface area contributed by atoms with Gasteiger partial charge in [0, 0.05) is 17.5 Å². The molecule has 1 aliphatic carbocycles. The Bertz CT molecular complexity index is 305. The summed E-state index contributed by atoms with van der Waals surface area (Å²) in [7, 11) is 0. The Kier molecular flexibility index (Phi) is 3.81. The van der Waals surface area contributed by atoms with E-state index < -0.39 is 0 Å². The van der Waals surface area contributed by atoms with E-state index in [9.17, 15) is 0 Å². The molecule has 1 nitrogen and oxygen atoms in total. The first-order chi connectivity index (χ1) is 7.27. The Hall–Kier alpha value is -0.340. The Balaban J connectivity index is 1.73. The minimum Gasteiger partial charge on any atom is -0.313 e. The molecule has 2 unspecified atom stereocenters. The highest BCUT2D eigenvalue weighted by atomic mass is 32.1. The summed E-state index contributed by atoms with van der Waals surface area (Å²) in [5.41, 5.74) is 1.46. The lowest BCUT2D eigenvalue weighted by molar-refractivity contribution is 0.430. The summed E-state index contributed by atoms with van der Waals surface area (Å²) in [5, 5.41) is 5.90. The number of hydrogen-bond donors (Lipinski definition) is 1. The highest BCUT2D eigenvalue weighted by Crippen LogP contribution is 2.24. The predicted octanol–water partition coefficient (Wildman–Crippen LogP) is 3.38. The molecule has 1 aromatic heterocycles. The van der Waals surface area contributed by atoms with Gasteiger partial charge >= 0.3 is 0 Å². The molecule has 15 heavy (non-hydrogen) atoms. The van der Waals surface area contributed by atoms with E-state index in [-0.39, 0.29) is 0 Å². The Morgan fingerprint density at radius 1 is 1.47 bits per heavy atom. The molecule has 0 aromatic carbocycles. The average molecular weight is 223 g/mol. The van der Waals surface area contributed by atoms with E-state index >= 15 is 0 Å². The van der Waals surface area contributed by atoms with Crippen LogP contribution >= 0.6 is 11.3 Å². The maximum Gasteiger partial charge on any atom is 0.00928 e. The van der Waals surface area contributed by atoms with E-state index in [0.29, 0.717) is 0 Å². The van der Waals surface area contributed by atoms with Gasteiger partial charge in [-0.15, -0.1) is 11.3 Å². The fraction of sp³-hybridized carbons (Fsp3) is 0.692. The van der Waals surface area contributed by atoms with E-state index in [1.807, 2.05) is 11.3 Å². The van der Waals surface area contributed by atoms with Gasteiger partial charge in [-0.25, -0.2) is 0 Å². The van der Waals surface area contributed by atoms with Crippen molar-refractivity contribution in [2.24, 2.45) is 5.92 Å². The minimum absolute atomic E-state index is 0.783. The minimum atomic E-state index is 0.783. The highest BCUT2D eigenvalue weighted by Gasteiger charge is 2.22. The van der Waals surface area contributed by atoms with Crippen molar-refractivity contribution >= 4 is 11.3 Å². The van der Waals surface area contributed by atoms with Crippen LogP contribution in [0.15, 0.2) is 11.4 Å². The van der Waals surface area contributed by atoms with Crippen molar-refractivity contribution < 1.29 is 0 Å². The van der Waals surface area contributed by atoms with Gasteiger partial charge in [-0.05, 0) is 49.1 Å². The quantitative estimate of drug-likeness (QED) is 0.825. The monoisotopic (exact) mass is 223 g/mol. The zero-order chi connectivity index (χ0) is 10.7. The molecular formula is C13H21NS. The molecule has 0 spiro atoms. The third kappa shape index (κ3) is 2.82. The van der Waals surface area contributed by atoms with Gasteiger partial charge in [0.25, 0.3) is 0 Å². The normalized spacial score (nSPS) is 26.0. The van der Waals surface area contributed by atoms with Gasteiger partial charge in [0.1, 0.15) is 0 Å². The molecule has 0 bridgehead atoms. The first kappa shape index (κ1) is 11.2. The zero-order valence-corrected chi connectivity index (χ0v) is 10.6. The first-order valence-electron chi connectivity index (χ1n) is 6.03. The van der Waals surface area contributed by atoms with Crippen LogP contribution in [0, 0.1) is 12.8 Å². The number of aryl methyl sites for hydroxylation is 1. The van der Waals surface area contributed by atoms with Crippen molar-refractivity contribution in [2.75, 3.05) is 6.54 Å². The summed E-state index contributed by atoms with van der Waals surface area (Å²) >= 11 is 1.89. The van der Waals surface area contributed by atoms with Crippen molar-refractivity contribution in [1.82, 2.24) is 5.32 Å². The molecule has 1 aromatic rings. The van der Waals surface area contributed by atoms with Crippen LogP contribution in [0.4, 0.5) is 0 Å². The maximum absolute atomic E-state index is 3.70. The fourth-order valence-corrected chi connectivity index (χ4v) is 3.39. The lowest BCUT2D eigenvalue weighted by atomic mass is 10.1. The van der Waals surface area contributed by atoms with Crippen LogP contribution in [-0.2, 0) is 6.42 Å². The number of thiophene rings is 1. The lowest BCUT2D eigenvalue weighted by Crippen LogP contribution is -2.32. The van der Waals surface area contributed by atoms with E-state index in [0.717, 1.165) is 18.5 Å². The third-order valence-electron chi connectivity index (χ3n) is 3.59. The molecule has 1 saturated carbocycles. The molecular weight excluding hydrogens is 202 g/mol. The van der Waals surface area contributed by atoms with Gasteiger partial charge in [-0.3, -0.25) is 0 Å². The summed E-state index contributed by atoms with van der Waals surface area (Å²) in [6, 6.07) is 3.00. The number of hydrogen-bond acceptors (Lipinski definition) is 2. The van der Waals surface area contributed by atoms with Crippen LogP contribution in [0.3, 0.4) is 0 Å². The molecule has 0 radical (unpaired) electrons. The van der Waals surface area contributed by atoms with Crippen LogP contribution in [-0.4, -0.2) is 12.6 Å². The number of rotatable bonds is 4. The van der Waals surface area contributed by atoms with E-state index in [1.54, 1.807) is 4.88 Å². The van der Waals surface area contributed by atoms with Crippen LogP contribution in [0.5, 0.6) is 0 Å². The molecule has 1 fully saturated rings. The maximum atomic E-state index is 3.70. The van der Waals surface area contributed by atoms with Crippen LogP contribution in [0.1, 0.15) is 36.6 Å². The van der Waals surface area contributed by atoms with Gasteiger partial charge < -0.3 is 5.32 Å². The smallest absolute Gasteiger partial charge is 0.00928 e. The topological polar surface area (TPSA) is 12.0 Å². The molecule has 2 atom stereocenters. The number of nitrogens with one attached hydrogen (secondary N) is 1. The summed E-state index contributed by atoms with van der Waals surface area (Å²) in [6.45, 7) is 5.74. The fourth-order valence-electron chi connectivity index (χ4n) is 2.48. The summed E-state index contributed by atoms with van der Waals surface area (Å²) in [6.07, 6.45) is 5.41. The Labute approximate surface area is 96.9 Å². The van der Waals surface area contributed by atoms with E-state index in [1.165, 1.54) is 31.2 Å². The van der Waals surface area contributed by atoms with E-state index in [2.05, 4.69) is 30.6 Å². The lowest BCUT2D eigenvalue weighted by Gasteiger charge is -2.16.